The molecule has 7 heteroatoms. The largest absolute Gasteiger partial charge is 0.342 e. The van der Waals surface area contributed by atoms with Crippen LogP contribution in [0, 0.1) is 5.92 Å². The number of nitrogens with two attached hydrogens (primary N) is 1. The first-order valence-electron chi connectivity index (χ1n) is 8.67. The number of amides is 1. The average Bonchev–Trinajstić information content (AvgIpc) is 3.38. The van der Waals surface area contributed by atoms with Gasteiger partial charge in [0.25, 0.3) is 5.91 Å². The molecule has 27 heavy (non-hydrogen) atoms. The molecule has 2 N–H and O–H groups in total. The molecule has 2 atom stereocenters. The van der Waals surface area contributed by atoms with E-state index in [2.05, 4.69) is 22.3 Å². The highest BCUT2D eigenvalue weighted by Crippen LogP contribution is 2.32. The van der Waals surface area contributed by atoms with Gasteiger partial charge in [0.05, 0.1) is 0 Å². The highest BCUT2D eigenvalue weighted by Gasteiger charge is 2.35. The summed E-state index contributed by atoms with van der Waals surface area (Å²) in [6.07, 6.45) is 1.29. The summed E-state index contributed by atoms with van der Waals surface area (Å²) >= 11 is 0. The maximum absolute atomic E-state index is 12.9. The van der Waals surface area contributed by atoms with Crippen molar-refractivity contribution in [2.24, 2.45) is 11.7 Å². The van der Waals surface area contributed by atoms with Gasteiger partial charge in [0.15, 0.2) is 0 Å². The molecule has 1 saturated heterocycles. The molecule has 1 fully saturated rings. The first kappa shape index (κ1) is 19.1. The molecule has 0 saturated carbocycles. The van der Waals surface area contributed by atoms with Crippen LogP contribution >= 0.6 is 12.4 Å². The quantitative estimate of drug-likeness (QED) is 0.747. The van der Waals surface area contributed by atoms with Gasteiger partial charge in [-0.25, -0.2) is 0 Å². The fourth-order valence-electron chi connectivity index (χ4n) is 3.60. The molecule has 1 amide bonds. The van der Waals surface area contributed by atoms with Crippen molar-refractivity contribution in [3.63, 3.8) is 0 Å². The second-order valence-corrected chi connectivity index (χ2v) is 6.56. The number of nitrogens with zero attached hydrogens (tertiary/aromatic N) is 3. The lowest BCUT2D eigenvalue weighted by Gasteiger charge is -2.17. The van der Waals surface area contributed by atoms with Crippen LogP contribution in [-0.4, -0.2) is 40.6 Å². The Hall–Kier alpha value is -2.70. The molecule has 2 heterocycles. The lowest BCUT2D eigenvalue weighted by Crippen LogP contribution is -2.29. The van der Waals surface area contributed by atoms with Crippen LogP contribution in [-0.2, 0) is 0 Å². The van der Waals surface area contributed by atoms with E-state index in [0.29, 0.717) is 31.0 Å². The van der Waals surface area contributed by atoms with Crippen LogP contribution in [0.3, 0.4) is 0 Å². The minimum absolute atomic E-state index is 0. The lowest BCUT2D eigenvalue weighted by molar-refractivity contribution is 0.0786. The minimum atomic E-state index is 0. The van der Waals surface area contributed by atoms with E-state index in [0.717, 1.165) is 5.56 Å². The molecular weight excluding hydrogens is 364 g/mol. The Morgan fingerprint density at radius 1 is 1.11 bits per heavy atom. The Kier molecular flexibility index (Phi) is 5.88. The number of halogens is 1. The number of rotatable bonds is 4. The van der Waals surface area contributed by atoms with Gasteiger partial charge < -0.3 is 15.2 Å². The third-order valence-electron chi connectivity index (χ3n) is 5.01. The molecule has 1 aromatic heterocycles. The molecule has 6 nitrogen and oxygen atoms in total. The predicted molar refractivity (Wildman–Crippen MR) is 105 cm³/mol. The van der Waals surface area contributed by atoms with Gasteiger partial charge in [0.1, 0.15) is 0 Å². The van der Waals surface area contributed by atoms with E-state index < -0.39 is 0 Å². The van der Waals surface area contributed by atoms with E-state index in [4.69, 9.17) is 10.3 Å². The summed E-state index contributed by atoms with van der Waals surface area (Å²) in [7, 11) is 0. The summed E-state index contributed by atoms with van der Waals surface area (Å²) in [5.41, 5.74) is 8.69. The topological polar surface area (TPSA) is 85.2 Å². The number of benzene rings is 2. The number of hydrogen-bond donors (Lipinski definition) is 1. The number of carbonyl (C=O) groups excluding carboxylic acids is 1. The van der Waals surface area contributed by atoms with Crippen molar-refractivity contribution >= 4 is 18.3 Å². The molecule has 0 spiro atoms. The zero-order valence-corrected chi connectivity index (χ0v) is 15.5. The Morgan fingerprint density at radius 3 is 2.48 bits per heavy atom. The monoisotopic (exact) mass is 384 g/mol. The van der Waals surface area contributed by atoms with E-state index >= 15 is 0 Å². The molecular formula is C20H21ClN4O2. The molecule has 140 valence electrons. The fourth-order valence-corrected chi connectivity index (χ4v) is 3.60. The van der Waals surface area contributed by atoms with E-state index in [1.54, 1.807) is 12.1 Å². The first-order valence-corrected chi connectivity index (χ1v) is 8.67. The van der Waals surface area contributed by atoms with Gasteiger partial charge >= 0.3 is 0 Å². The maximum Gasteiger partial charge on any atom is 0.253 e. The average molecular weight is 385 g/mol. The molecule has 1 aliphatic rings. The number of carbonyl (C=O) groups is 1. The maximum atomic E-state index is 12.9. The first-order chi connectivity index (χ1) is 12.8. The van der Waals surface area contributed by atoms with Crippen molar-refractivity contribution in [1.29, 1.82) is 0 Å². The molecule has 0 unspecified atom stereocenters. The zero-order valence-electron chi connectivity index (χ0n) is 14.7. The minimum Gasteiger partial charge on any atom is -0.342 e. The van der Waals surface area contributed by atoms with Crippen molar-refractivity contribution < 1.29 is 9.32 Å². The van der Waals surface area contributed by atoms with Crippen LogP contribution in [0.15, 0.2) is 65.5 Å². The Balaban J connectivity index is 0.00000210. The zero-order chi connectivity index (χ0) is 17.9. The SMILES string of the molecule is Cl.NC[C@@H]1CN(C(=O)c2ccc(-c3ncon3)cc2)C[C@H]1c1ccccc1. The molecule has 0 radical (unpaired) electrons. The summed E-state index contributed by atoms with van der Waals surface area (Å²) in [5, 5.41) is 3.81. The van der Waals surface area contributed by atoms with Gasteiger partial charge in [-0.05, 0) is 30.2 Å². The molecule has 0 aliphatic carbocycles. The van der Waals surface area contributed by atoms with Gasteiger partial charge in [-0.3, -0.25) is 4.79 Å². The number of aromatic nitrogens is 2. The lowest BCUT2D eigenvalue weighted by atomic mass is 9.89. The highest BCUT2D eigenvalue weighted by molar-refractivity contribution is 5.95. The van der Waals surface area contributed by atoms with E-state index in [9.17, 15) is 4.79 Å². The normalized spacial score (nSPS) is 18.9. The fraction of sp³-hybridized carbons (Fsp3) is 0.250. The molecule has 1 aliphatic heterocycles. The van der Waals surface area contributed by atoms with Gasteiger partial charge in [-0.2, -0.15) is 4.98 Å². The Bertz CT molecular complexity index is 869. The second-order valence-electron chi connectivity index (χ2n) is 6.56. The van der Waals surface area contributed by atoms with Gasteiger partial charge in [0, 0.05) is 30.1 Å². The summed E-state index contributed by atoms with van der Waals surface area (Å²) in [6.45, 7) is 1.94. The van der Waals surface area contributed by atoms with Crippen molar-refractivity contribution in [3.05, 3.63) is 72.1 Å². The van der Waals surface area contributed by atoms with Crippen molar-refractivity contribution in [2.45, 2.75) is 5.92 Å². The van der Waals surface area contributed by atoms with Crippen molar-refractivity contribution in [2.75, 3.05) is 19.6 Å². The summed E-state index contributed by atoms with van der Waals surface area (Å²) < 4.78 is 4.76. The second kappa shape index (κ2) is 8.33. The van der Waals surface area contributed by atoms with E-state index in [-0.39, 0.29) is 30.2 Å². The summed E-state index contributed by atoms with van der Waals surface area (Å²) in [5.74, 6) is 1.10. The Morgan fingerprint density at radius 2 is 1.85 bits per heavy atom. The van der Waals surface area contributed by atoms with Gasteiger partial charge in [-0.1, -0.05) is 47.6 Å². The van der Waals surface area contributed by atoms with Crippen molar-refractivity contribution in [3.8, 4) is 11.4 Å². The Labute approximate surface area is 163 Å². The van der Waals surface area contributed by atoms with Gasteiger partial charge in [0.2, 0.25) is 12.2 Å². The van der Waals surface area contributed by atoms with Crippen LogP contribution in [0.2, 0.25) is 0 Å². The van der Waals surface area contributed by atoms with Crippen LogP contribution in [0.4, 0.5) is 0 Å². The number of hydrogen-bond acceptors (Lipinski definition) is 5. The standard InChI is InChI=1S/C20H20N4O2.ClH/c21-10-17-11-24(12-18(17)14-4-2-1-3-5-14)20(25)16-8-6-15(7-9-16)19-22-13-26-23-19;/h1-9,13,17-18H,10-12,21H2;1H/t17-,18+;/m1./s1. The molecule has 0 bridgehead atoms. The van der Waals surface area contributed by atoms with Gasteiger partial charge in [-0.15, -0.1) is 12.4 Å². The van der Waals surface area contributed by atoms with Crippen LogP contribution in [0.1, 0.15) is 21.8 Å². The summed E-state index contributed by atoms with van der Waals surface area (Å²) in [6, 6.07) is 17.6. The van der Waals surface area contributed by atoms with Crippen molar-refractivity contribution in [1.82, 2.24) is 15.0 Å². The number of likely N-dealkylation sites (tertiary alicyclic amines) is 1. The summed E-state index contributed by atoms with van der Waals surface area (Å²) in [4.78, 5) is 18.8. The third-order valence-corrected chi connectivity index (χ3v) is 5.01. The van der Waals surface area contributed by atoms with E-state index in [1.807, 2.05) is 35.2 Å². The van der Waals surface area contributed by atoms with Crippen LogP contribution < -0.4 is 5.73 Å². The van der Waals surface area contributed by atoms with E-state index in [1.165, 1.54) is 12.0 Å². The van der Waals surface area contributed by atoms with Crippen LogP contribution in [0.25, 0.3) is 11.4 Å². The highest BCUT2D eigenvalue weighted by atomic mass is 35.5. The van der Waals surface area contributed by atoms with Crippen LogP contribution in [0.5, 0.6) is 0 Å². The molecule has 3 aromatic rings. The molecule has 2 aromatic carbocycles. The molecule has 4 rings (SSSR count). The third kappa shape index (κ3) is 3.86. The predicted octanol–water partition coefficient (Wildman–Crippen LogP) is 2.97. The smallest absolute Gasteiger partial charge is 0.253 e.